The van der Waals surface area contributed by atoms with Gasteiger partial charge in [-0.05, 0) is 29.2 Å². The van der Waals surface area contributed by atoms with Crippen LogP contribution < -0.4 is 5.32 Å². The summed E-state index contributed by atoms with van der Waals surface area (Å²) >= 11 is 1.34. The van der Waals surface area contributed by atoms with Gasteiger partial charge in [0.2, 0.25) is 0 Å². The van der Waals surface area contributed by atoms with E-state index in [9.17, 15) is 9.59 Å². The van der Waals surface area contributed by atoms with Crippen LogP contribution >= 0.6 is 11.3 Å². The third-order valence-corrected chi connectivity index (χ3v) is 6.07. The van der Waals surface area contributed by atoms with Crippen LogP contribution in [0.15, 0.2) is 83.3 Å². The highest BCUT2D eigenvalue weighted by Gasteiger charge is 2.62. The second kappa shape index (κ2) is 6.83. The Morgan fingerprint density at radius 3 is 2.62 bits per heavy atom. The van der Waals surface area contributed by atoms with Crippen molar-refractivity contribution in [3.8, 4) is 0 Å². The molecule has 2 aliphatic rings. The van der Waals surface area contributed by atoms with Crippen molar-refractivity contribution in [1.29, 1.82) is 0 Å². The van der Waals surface area contributed by atoms with E-state index in [1.54, 1.807) is 24.3 Å². The van der Waals surface area contributed by atoms with E-state index in [2.05, 4.69) is 10.5 Å². The quantitative estimate of drug-likeness (QED) is 0.656. The molecule has 0 fully saturated rings. The Labute approximate surface area is 171 Å². The number of thiophene rings is 1. The van der Waals surface area contributed by atoms with Gasteiger partial charge in [-0.25, -0.2) is 0 Å². The predicted octanol–water partition coefficient (Wildman–Crippen LogP) is 4.49. The van der Waals surface area contributed by atoms with Gasteiger partial charge in [0, 0.05) is 11.3 Å². The third kappa shape index (κ3) is 2.72. The number of carbonyl (C=O) groups excluding carboxylic acids is 2. The summed E-state index contributed by atoms with van der Waals surface area (Å²) in [6.07, 6.45) is 3.63. The molecule has 5 rings (SSSR count). The first-order chi connectivity index (χ1) is 14.2. The minimum atomic E-state index is -1.49. The molecule has 0 bridgehead atoms. The highest BCUT2D eigenvalue weighted by molar-refractivity contribution is 7.12. The molecule has 3 aromatic rings. The molecule has 0 radical (unpaired) electrons. The van der Waals surface area contributed by atoms with Crippen molar-refractivity contribution in [1.82, 2.24) is 0 Å². The highest BCUT2D eigenvalue weighted by atomic mass is 32.1. The number of fused-ring (bicyclic) bond motifs is 2. The van der Waals surface area contributed by atoms with Crippen LogP contribution in [0.5, 0.6) is 0 Å². The average Bonchev–Trinajstić information content (AvgIpc) is 3.47. The second-order valence-electron chi connectivity index (χ2n) is 6.86. The highest BCUT2D eigenvalue weighted by Crippen LogP contribution is 2.49. The molecule has 0 aliphatic carbocycles. The number of para-hydroxylation sites is 1. The summed E-state index contributed by atoms with van der Waals surface area (Å²) < 4.78 is 0. The van der Waals surface area contributed by atoms with Gasteiger partial charge < -0.3 is 10.2 Å². The molecule has 6 heteroatoms. The van der Waals surface area contributed by atoms with Crippen molar-refractivity contribution in [2.45, 2.75) is 5.60 Å². The van der Waals surface area contributed by atoms with Gasteiger partial charge in [-0.2, -0.15) is 0 Å². The molecule has 0 unspecified atom stereocenters. The first-order valence-corrected chi connectivity index (χ1v) is 10.1. The molecule has 2 aromatic carbocycles. The first-order valence-electron chi connectivity index (χ1n) is 9.18. The van der Waals surface area contributed by atoms with E-state index in [0.29, 0.717) is 21.8 Å². The molecular weight excluding hydrogens is 384 g/mol. The fraction of sp³-hybridized carbons (Fsp3) is 0.0870. The Morgan fingerprint density at radius 1 is 1.03 bits per heavy atom. The van der Waals surface area contributed by atoms with Crippen molar-refractivity contribution >= 4 is 40.5 Å². The maximum Gasteiger partial charge on any atom is 0.277 e. The Bertz CT molecular complexity index is 1150. The average molecular weight is 400 g/mol. The van der Waals surface area contributed by atoms with Gasteiger partial charge in [-0.1, -0.05) is 65.8 Å². The van der Waals surface area contributed by atoms with Crippen LogP contribution in [-0.4, -0.2) is 17.4 Å². The number of rotatable bonds is 4. The smallest absolute Gasteiger partial charge is 0.277 e. The zero-order valence-electron chi connectivity index (χ0n) is 15.2. The maximum absolute atomic E-state index is 13.5. The number of allylic oxidation sites excluding steroid dienone is 1. The Morgan fingerprint density at radius 2 is 1.83 bits per heavy atom. The second-order valence-corrected chi connectivity index (χ2v) is 7.81. The molecule has 0 saturated carbocycles. The number of Topliss-reactive ketones (excluding diaryl/α,β-unsaturated/α-hetero) is 1. The number of ketones is 1. The van der Waals surface area contributed by atoms with E-state index in [0.717, 1.165) is 5.56 Å². The number of oxime groups is 1. The topological polar surface area (TPSA) is 67.8 Å². The van der Waals surface area contributed by atoms with Crippen LogP contribution in [0.3, 0.4) is 0 Å². The monoisotopic (exact) mass is 400 g/mol. The van der Waals surface area contributed by atoms with Crippen LogP contribution in [0.2, 0.25) is 0 Å². The largest absolute Gasteiger partial charge is 0.373 e. The lowest BCUT2D eigenvalue weighted by atomic mass is 9.76. The first kappa shape index (κ1) is 17.6. The Kier molecular flexibility index (Phi) is 4.14. The summed E-state index contributed by atoms with van der Waals surface area (Å²) in [4.78, 5) is 32.9. The van der Waals surface area contributed by atoms with Crippen LogP contribution in [0.25, 0.3) is 6.08 Å². The number of hydrogen-bond acceptors (Lipinski definition) is 5. The molecular formula is C23H16N2O3S. The zero-order chi connectivity index (χ0) is 19.8. The van der Waals surface area contributed by atoms with Crippen LogP contribution in [-0.2, 0) is 15.2 Å². The molecule has 1 N–H and O–H groups in total. The lowest BCUT2D eigenvalue weighted by Gasteiger charge is -2.25. The molecule has 2 aliphatic heterocycles. The number of nitrogens with zero attached hydrogens (tertiary/aromatic N) is 1. The number of anilines is 1. The van der Waals surface area contributed by atoms with Crippen molar-refractivity contribution in [2.24, 2.45) is 11.1 Å². The standard InChI is InChI=1S/C23H16N2O3S/c26-21(19-11-6-14-29-19)20-18(13-12-15-7-2-1-3-8-15)25-28-23(20)16-9-4-5-10-17(16)24-22(23)27/h1-14,20H,(H,24,27)/b13-12+/t20-,23-/m0/s1. The number of amides is 1. The molecule has 0 saturated heterocycles. The summed E-state index contributed by atoms with van der Waals surface area (Å²) in [5.41, 5.74) is 1.18. The maximum atomic E-state index is 13.5. The molecule has 1 spiro atoms. The van der Waals surface area contributed by atoms with Crippen molar-refractivity contribution in [3.63, 3.8) is 0 Å². The summed E-state index contributed by atoms with van der Waals surface area (Å²) in [6.45, 7) is 0. The molecule has 3 heterocycles. The lowest BCUT2D eigenvalue weighted by molar-refractivity contribution is -0.140. The van der Waals surface area contributed by atoms with Gasteiger partial charge >= 0.3 is 0 Å². The molecule has 5 nitrogen and oxygen atoms in total. The van der Waals surface area contributed by atoms with E-state index in [1.807, 2.05) is 60.0 Å². The normalized spacial score (nSPS) is 22.4. The van der Waals surface area contributed by atoms with Crippen molar-refractivity contribution in [3.05, 3.63) is 94.2 Å². The zero-order valence-corrected chi connectivity index (χ0v) is 16.1. The molecule has 142 valence electrons. The van der Waals surface area contributed by atoms with Gasteiger partial charge in [-0.3, -0.25) is 9.59 Å². The van der Waals surface area contributed by atoms with Crippen LogP contribution in [0, 0.1) is 5.92 Å². The van der Waals surface area contributed by atoms with Gasteiger partial charge in [0.15, 0.2) is 5.78 Å². The molecule has 2 atom stereocenters. The van der Waals surface area contributed by atoms with E-state index < -0.39 is 11.5 Å². The summed E-state index contributed by atoms with van der Waals surface area (Å²) in [5.74, 6) is -1.42. The van der Waals surface area contributed by atoms with Crippen molar-refractivity contribution < 1.29 is 14.4 Å². The number of hydrogen-bond donors (Lipinski definition) is 1. The summed E-state index contributed by atoms with van der Waals surface area (Å²) in [6, 6.07) is 20.6. The van der Waals surface area contributed by atoms with Gasteiger partial charge in [0.25, 0.3) is 11.5 Å². The van der Waals surface area contributed by atoms with Crippen LogP contribution in [0.1, 0.15) is 20.8 Å². The lowest BCUT2D eigenvalue weighted by Crippen LogP contribution is -2.46. The summed E-state index contributed by atoms with van der Waals surface area (Å²) in [5, 5.41) is 8.89. The third-order valence-electron chi connectivity index (χ3n) is 5.18. The van der Waals surface area contributed by atoms with Crippen LogP contribution in [0.4, 0.5) is 5.69 Å². The van der Waals surface area contributed by atoms with Gasteiger partial charge in [0.05, 0.1) is 10.6 Å². The number of benzene rings is 2. The fourth-order valence-electron chi connectivity index (χ4n) is 3.82. The number of nitrogens with one attached hydrogen (secondary N) is 1. The van der Waals surface area contributed by atoms with E-state index in [4.69, 9.17) is 4.84 Å². The van der Waals surface area contributed by atoms with Crippen molar-refractivity contribution in [2.75, 3.05) is 5.32 Å². The van der Waals surface area contributed by atoms with E-state index in [1.165, 1.54) is 11.3 Å². The molecule has 1 amide bonds. The summed E-state index contributed by atoms with van der Waals surface area (Å²) in [7, 11) is 0. The SMILES string of the molecule is O=C(c1cccs1)[C@@H]1C(/C=C/c2ccccc2)=NO[C@]12C(=O)Nc1ccccc12. The number of carbonyl (C=O) groups is 2. The van der Waals surface area contributed by atoms with Gasteiger partial charge in [0.1, 0.15) is 5.92 Å². The predicted molar refractivity (Wildman–Crippen MR) is 113 cm³/mol. The molecule has 1 aromatic heterocycles. The van der Waals surface area contributed by atoms with E-state index >= 15 is 0 Å². The Balaban J connectivity index is 1.61. The van der Waals surface area contributed by atoms with E-state index in [-0.39, 0.29) is 11.7 Å². The molecule has 29 heavy (non-hydrogen) atoms. The fourth-order valence-corrected chi connectivity index (χ4v) is 4.52. The minimum Gasteiger partial charge on any atom is -0.373 e. The minimum absolute atomic E-state index is 0.180. The Hall–Kier alpha value is -3.51. The van der Waals surface area contributed by atoms with Gasteiger partial charge in [-0.15, -0.1) is 11.3 Å².